The molecule has 0 aromatic heterocycles. The van der Waals surface area contributed by atoms with E-state index in [1.165, 1.54) is 0 Å². The summed E-state index contributed by atoms with van der Waals surface area (Å²) in [6.07, 6.45) is 2.68. The predicted octanol–water partition coefficient (Wildman–Crippen LogP) is 2.41. The Balaban J connectivity index is 3.75. The lowest BCUT2D eigenvalue weighted by Gasteiger charge is -2.15. The van der Waals surface area contributed by atoms with Gasteiger partial charge in [-0.05, 0) is 13.3 Å². The van der Waals surface area contributed by atoms with Crippen LogP contribution in [-0.2, 0) is 4.79 Å². The molecule has 0 amide bonds. The summed E-state index contributed by atoms with van der Waals surface area (Å²) in [5.41, 5.74) is 0. The Hall–Kier alpha value is -0.0500. The van der Waals surface area contributed by atoms with E-state index in [-0.39, 0.29) is 0 Å². The van der Waals surface area contributed by atoms with Crippen molar-refractivity contribution in [3.8, 4) is 0 Å². The van der Waals surface area contributed by atoms with Crippen molar-refractivity contribution in [1.29, 1.82) is 0 Å². The van der Waals surface area contributed by atoms with Crippen molar-refractivity contribution in [2.75, 3.05) is 0 Å². The molecule has 0 aliphatic rings. The Morgan fingerprint density at radius 2 is 2.20 bits per heavy atom. The number of carboxylic acids is 1. The summed E-state index contributed by atoms with van der Waals surface area (Å²) in [4.78, 5) is 10.5. The van der Waals surface area contributed by atoms with E-state index in [2.05, 4.69) is 15.9 Å². The van der Waals surface area contributed by atoms with Crippen molar-refractivity contribution in [2.45, 2.75) is 37.4 Å². The first-order chi connectivity index (χ1) is 4.50. The van der Waals surface area contributed by atoms with Gasteiger partial charge in [-0.25, -0.2) is 0 Å². The Morgan fingerprint density at radius 1 is 1.70 bits per heavy atom. The van der Waals surface area contributed by atoms with E-state index in [9.17, 15) is 4.79 Å². The van der Waals surface area contributed by atoms with Crippen molar-refractivity contribution in [2.24, 2.45) is 0 Å². The summed E-state index contributed by atoms with van der Waals surface area (Å²) in [7, 11) is 0. The molecule has 0 radical (unpaired) electrons. The number of carboxylic acid groups (broad SMARTS) is 1. The first-order valence-corrected chi connectivity index (χ1v) is 4.22. The van der Waals surface area contributed by atoms with Crippen LogP contribution in [0.25, 0.3) is 0 Å². The quantitative estimate of drug-likeness (QED) is 0.722. The second-order valence-corrected chi connectivity index (χ2v) is 4.36. The Kier molecular flexibility index (Phi) is 3.94. The lowest BCUT2D eigenvalue weighted by Crippen LogP contribution is -2.27. The smallest absolute Gasteiger partial charge is 0.320 e. The highest BCUT2D eigenvalue weighted by Crippen LogP contribution is 2.24. The molecular weight excluding hydrogens is 196 g/mol. The molecule has 0 spiro atoms. The lowest BCUT2D eigenvalue weighted by atomic mass is 10.1. The van der Waals surface area contributed by atoms with Crippen LogP contribution in [0, 0.1) is 0 Å². The molecule has 0 aromatic rings. The molecule has 3 heteroatoms. The van der Waals surface area contributed by atoms with Gasteiger partial charge in [-0.2, -0.15) is 0 Å². The Bertz CT molecular complexity index is 121. The minimum Gasteiger partial charge on any atom is -0.480 e. The average molecular weight is 209 g/mol. The van der Waals surface area contributed by atoms with E-state index in [0.29, 0.717) is 6.42 Å². The fourth-order valence-electron chi connectivity index (χ4n) is 0.616. The van der Waals surface area contributed by atoms with Crippen LogP contribution in [0.3, 0.4) is 0 Å². The molecule has 1 unspecified atom stereocenters. The van der Waals surface area contributed by atoms with Gasteiger partial charge < -0.3 is 5.11 Å². The number of hydrogen-bond acceptors (Lipinski definition) is 1. The maximum absolute atomic E-state index is 10.5. The number of carbonyl (C=O) groups is 1. The van der Waals surface area contributed by atoms with E-state index in [1.54, 1.807) is 6.92 Å². The maximum atomic E-state index is 10.5. The van der Waals surface area contributed by atoms with Gasteiger partial charge in [0.15, 0.2) is 0 Å². The molecule has 0 saturated carbocycles. The molecule has 0 rings (SSSR count). The van der Waals surface area contributed by atoms with E-state index >= 15 is 0 Å². The molecule has 0 aromatic carbocycles. The number of rotatable bonds is 4. The van der Waals surface area contributed by atoms with Crippen molar-refractivity contribution >= 4 is 21.9 Å². The van der Waals surface area contributed by atoms with E-state index in [1.807, 2.05) is 6.92 Å². The van der Waals surface area contributed by atoms with Gasteiger partial charge in [0.2, 0.25) is 0 Å². The zero-order valence-corrected chi connectivity index (χ0v) is 7.94. The highest BCUT2D eigenvalue weighted by Gasteiger charge is 2.28. The van der Waals surface area contributed by atoms with Gasteiger partial charge in [0.1, 0.15) is 4.32 Å². The summed E-state index contributed by atoms with van der Waals surface area (Å²) in [5, 5.41) is 8.62. The minimum absolute atomic E-state index is 0.693. The van der Waals surface area contributed by atoms with Crippen LogP contribution in [0.1, 0.15) is 33.1 Å². The molecule has 0 heterocycles. The fraction of sp³-hybridized carbons (Fsp3) is 0.857. The Morgan fingerprint density at radius 3 is 2.50 bits per heavy atom. The van der Waals surface area contributed by atoms with Crippen LogP contribution >= 0.6 is 15.9 Å². The second-order valence-electron chi connectivity index (χ2n) is 2.61. The Labute approximate surface area is 69.8 Å². The highest BCUT2D eigenvalue weighted by molar-refractivity contribution is 9.10. The summed E-state index contributed by atoms with van der Waals surface area (Å²) >= 11 is 3.15. The van der Waals surface area contributed by atoms with Gasteiger partial charge >= 0.3 is 5.97 Å². The monoisotopic (exact) mass is 208 g/mol. The van der Waals surface area contributed by atoms with Gasteiger partial charge in [0, 0.05) is 0 Å². The molecule has 0 fully saturated rings. The van der Waals surface area contributed by atoms with Crippen LogP contribution in [-0.4, -0.2) is 15.4 Å². The van der Waals surface area contributed by atoms with E-state index in [4.69, 9.17) is 5.11 Å². The molecule has 0 bridgehead atoms. The fourth-order valence-corrected chi connectivity index (χ4v) is 0.896. The first kappa shape index (κ1) is 9.95. The van der Waals surface area contributed by atoms with Crippen molar-refractivity contribution < 1.29 is 9.90 Å². The first-order valence-electron chi connectivity index (χ1n) is 3.43. The van der Waals surface area contributed by atoms with Gasteiger partial charge in [0.05, 0.1) is 0 Å². The average Bonchev–Trinajstić information content (AvgIpc) is 1.84. The largest absolute Gasteiger partial charge is 0.480 e. The third-order valence-electron chi connectivity index (χ3n) is 1.45. The third-order valence-corrected chi connectivity index (χ3v) is 2.18. The van der Waals surface area contributed by atoms with Gasteiger partial charge in [0.25, 0.3) is 0 Å². The van der Waals surface area contributed by atoms with E-state index in [0.717, 1.165) is 12.8 Å². The summed E-state index contributed by atoms with van der Waals surface area (Å²) in [6.45, 7) is 3.73. The standard InChI is InChI=1S/C7H13BrO2/c1-3-4-5-7(2,8)6(9)10/h3-5H2,1-2H3,(H,9,10). The van der Waals surface area contributed by atoms with Crippen LogP contribution in [0.2, 0.25) is 0 Å². The summed E-state index contributed by atoms with van der Waals surface area (Å²) < 4.78 is -0.719. The molecule has 1 atom stereocenters. The topological polar surface area (TPSA) is 37.3 Å². The number of alkyl halides is 1. The van der Waals surface area contributed by atoms with Crippen molar-refractivity contribution in [1.82, 2.24) is 0 Å². The van der Waals surface area contributed by atoms with Crippen molar-refractivity contribution in [3.63, 3.8) is 0 Å². The van der Waals surface area contributed by atoms with E-state index < -0.39 is 10.3 Å². The molecule has 2 nitrogen and oxygen atoms in total. The van der Waals surface area contributed by atoms with Crippen LogP contribution in [0.15, 0.2) is 0 Å². The van der Waals surface area contributed by atoms with Gasteiger partial charge in [-0.3, -0.25) is 4.79 Å². The maximum Gasteiger partial charge on any atom is 0.320 e. The zero-order valence-electron chi connectivity index (χ0n) is 6.35. The number of aliphatic carboxylic acids is 1. The molecule has 0 saturated heterocycles. The molecule has 1 N–H and O–H groups in total. The zero-order chi connectivity index (χ0) is 8.20. The predicted molar refractivity (Wildman–Crippen MR) is 44.5 cm³/mol. The molecular formula is C7H13BrO2. The summed E-state index contributed by atoms with van der Waals surface area (Å²) in [6, 6.07) is 0. The van der Waals surface area contributed by atoms with Crippen LogP contribution in [0.5, 0.6) is 0 Å². The van der Waals surface area contributed by atoms with Crippen molar-refractivity contribution in [3.05, 3.63) is 0 Å². The van der Waals surface area contributed by atoms with Gasteiger partial charge in [-0.1, -0.05) is 35.7 Å². The lowest BCUT2D eigenvalue weighted by molar-refractivity contribution is -0.139. The molecule has 0 aliphatic heterocycles. The highest BCUT2D eigenvalue weighted by atomic mass is 79.9. The van der Waals surface area contributed by atoms with Gasteiger partial charge in [-0.15, -0.1) is 0 Å². The molecule has 0 aliphatic carbocycles. The summed E-state index contributed by atoms with van der Waals surface area (Å²) in [5.74, 6) is -0.777. The molecule has 60 valence electrons. The van der Waals surface area contributed by atoms with Crippen LogP contribution in [0.4, 0.5) is 0 Å². The third kappa shape index (κ3) is 3.20. The molecule has 10 heavy (non-hydrogen) atoms. The normalized spacial score (nSPS) is 16.3. The second kappa shape index (κ2) is 3.96. The number of halogens is 1. The SMILES string of the molecule is CCCCC(C)(Br)C(=O)O. The number of unbranched alkanes of at least 4 members (excludes halogenated alkanes) is 1. The minimum atomic E-state index is -0.777. The number of hydrogen-bond donors (Lipinski definition) is 1. The van der Waals surface area contributed by atoms with Crippen LogP contribution < -0.4 is 0 Å².